The molecule has 0 fully saturated rings. The van der Waals surface area contributed by atoms with Crippen LogP contribution in [0.3, 0.4) is 0 Å². The number of ether oxygens (including phenoxy) is 1. The van der Waals surface area contributed by atoms with Crippen molar-refractivity contribution in [2.75, 3.05) is 7.11 Å². The summed E-state index contributed by atoms with van der Waals surface area (Å²) in [6.07, 6.45) is 2.11. The van der Waals surface area contributed by atoms with E-state index in [1.165, 1.54) is 5.56 Å². The summed E-state index contributed by atoms with van der Waals surface area (Å²) in [6, 6.07) is 4.11. The molecule has 0 aliphatic heterocycles. The van der Waals surface area contributed by atoms with Crippen molar-refractivity contribution in [3.8, 4) is 5.75 Å². The van der Waals surface area contributed by atoms with Crippen LogP contribution in [0.15, 0.2) is 16.6 Å². The van der Waals surface area contributed by atoms with Crippen molar-refractivity contribution >= 4 is 27.5 Å². The summed E-state index contributed by atoms with van der Waals surface area (Å²) < 4.78 is 6.49. The second-order valence-electron chi connectivity index (χ2n) is 4.78. The summed E-state index contributed by atoms with van der Waals surface area (Å²) in [5.74, 6) is 1.56. The van der Waals surface area contributed by atoms with Crippen molar-refractivity contribution in [1.82, 2.24) is 0 Å². The maximum Gasteiger partial charge on any atom is 0.123 e. The highest BCUT2D eigenvalue weighted by Gasteiger charge is 2.15. The van der Waals surface area contributed by atoms with Crippen LogP contribution >= 0.6 is 27.5 Å². The van der Waals surface area contributed by atoms with Gasteiger partial charge in [-0.05, 0) is 43.4 Å². The second kappa shape index (κ2) is 6.65. The Hall–Kier alpha value is -0.210. The Balaban J connectivity index is 2.91. The first kappa shape index (κ1) is 14.8. The highest BCUT2D eigenvalue weighted by Crippen LogP contribution is 2.37. The molecule has 0 aliphatic carbocycles. The molecule has 1 atom stereocenters. The van der Waals surface area contributed by atoms with Crippen LogP contribution in [0.5, 0.6) is 5.75 Å². The Morgan fingerprint density at radius 1 is 1.29 bits per heavy atom. The number of methoxy groups -OCH3 is 1. The van der Waals surface area contributed by atoms with E-state index in [0.717, 1.165) is 28.6 Å². The van der Waals surface area contributed by atoms with Gasteiger partial charge in [-0.1, -0.05) is 29.8 Å². The Labute approximate surface area is 118 Å². The van der Waals surface area contributed by atoms with E-state index in [-0.39, 0.29) is 5.38 Å². The standard InChI is InChI=1S/C14H20BrClO/c1-9(2)5-6-13(16)11-8-12(15)10(3)7-14(11)17-4/h7-9,13H,5-6H2,1-4H3. The molecular weight excluding hydrogens is 300 g/mol. The molecule has 0 aliphatic rings. The lowest BCUT2D eigenvalue weighted by Gasteiger charge is -2.16. The fraction of sp³-hybridized carbons (Fsp3) is 0.571. The molecule has 3 heteroatoms. The van der Waals surface area contributed by atoms with Crippen molar-refractivity contribution in [2.24, 2.45) is 5.92 Å². The van der Waals surface area contributed by atoms with Gasteiger partial charge in [-0.25, -0.2) is 0 Å². The molecule has 0 saturated carbocycles. The molecule has 0 spiro atoms. The molecule has 0 radical (unpaired) electrons. The van der Waals surface area contributed by atoms with Crippen LogP contribution in [0.1, 0.15) is 43.2 Å². The number of halogens is 2. The van der Waals surface area contributed by atoms with Crippen molar-refractivity contribution < 1.29 is 4.74 Å². The zero-order chi connectivity index (χ0) is 13.0. The minimum Gasteiger partial charge on any atom is -0.496 e. The lowest BCUT2D eigenvalue weighted by Crippen LogP contribution is -1.99. The Morgan fingerprint density at radius 3 is 2.47 bits per heavy atom. The van der Waals surface area contributed by atoms with Crippen molar-refractivity contribution in [2.45, 2.75) is 39.0 Å². The maximum absolute atomic E-state index is 6.46. The van der Waals surface area contributed by atoms with Crippen molar-refractivity contribution in [1.29, 1.82) is 0 Å². The smallest absolute Gasteiger partial charge is 0.123 e. The van der Waals surface area contributed by atoms with Gasteiger partial charge < -0.3 is 4.74 Å². The Kier molecular flexibility index (Phi) is 5.81. The Bertz CT molecular complexity index is 377. The number of hydrogen-bond donors (Lipinski definition) is 0. The molecule has 0 aromatic heterocycles. The quantitative estimate of drug-likeness (QED) is 0.653. The third-order valence-corrected chi connectivity index (χ3v) is 4.15. The number of hydrogen-bond acceptors (Lipinski definition) is 1. The molecule has 0 amide bonds. The summed E-state index contributed by atoms with van der Waals surface area (Å²) >= 11 is 10.0. The van der Waals surface area contributed by atoms with Gasteiger partial charge in [-0.2, -0.15) is 0 Å². The molecule has 1 nitrogen and oxygen atoms in total. The van der Waals surface area contributed by atoms with E-state index in [2.05, 4.69) is 35.8 Å². The number of aryl methyl sites for hydroxylation is 1. The molecule has 0 bridgehead atoms. The molecule has 1 aromatic carbocycles. The SMILES string of the molecule is COc1cc(C)c(Br)cc1C(Cl)CCC(C)C. The third kappa shape index (κ3) is 4.18. The molecule has 1 unspecified atom stereocenters. The van der Waals surface area contributed by atoms with Crippen LogP contribution < -0.4 is 4.74 Å². The van der Waals surface area contributed by atoms with Gasteiger partial charge in [0.2, 0.25) is 0 Å². The predicted octanol–water partition coefficient (Wildman–Crippen LogP) is 5.48. The van der Waals surface area contributed by atoms with Gasteiger partial charge in [0.25, 0.3) is 0 Å². The van der Waals surface area contributed by atoms with Crippen LogP contribution in [0.25, 0.3) is 0 Å². The molecule has 0 heterocycles. The number of benzene rings is 1. The van der Waals surface area contributed by atoms with E-state index >= 15 is 0 Å². The Morgan fingerprint density at radius 2 is 1.94 bits per heavy atom. The number of rotatable bonds is 5. The van der Waals surface area contributed by atoms with E-state index in [0.29, 0.717) is 5.92 Å². The summed E-state index contributed by atoms with van der Waals surface area (Å²) in [5.41, 5.74) is 2.24. The summed E-state index contributed by atoms with van der Waals surface area (Å²) in [5, 5.41) is 0.0178. The van der Waals surface area contributed by atoms with Gasteiger partial charge >= 0.3 is 0 Å². The van der Waals surface area contributed by atoms with E-state index in [1.807, 2.05) is 13.0 Å². The fourth-order valence-electron chi connectivity index (χ4n) is 1.73. The molecular formula is C14H20BrClO. The topological polar surface area (TPSA) is 9.23 Å². The van der Waals surface area contributed by atoms with E-state index in [9.17, 15) is 0 Å². The molecule has 1 aromatic rings. The maximum atomic E-state index is 6.46. The fourth-order valence-corrected chi connectivity index (χ4v) is 2.38. The van der Waals surface area contributed by atoms with Gasteiger partial charge in [0.1, 0.15) is 5.75 Å². The van der Waals surface area contributed by atoms with Crippen molar-refractivity contribution in [3.63, 3.8) is 0 Å². The monoisotopic (exact) mass is 318 g/mol. The lowest BCUT2D eigenvalue weighted by molar-refractivity contribution is 0.406. The highest BCUT2D eigenvalue weighted by atomic mass is 79.9. The molecule has 0 saturated heterocycles. The van der Waals surface area contributed by atoms with Crippen LogP contribution in [0.2, 0.25) is 0 Å². The average Bonchev–Trinajstić information content (AvgIpc) is 2.28. The third-order valence-electron chi connectivity index (χ3n) is 2.85. The van der Waals surface area contributed by atoms with Gasteiger partial charge in [0.05, 0.1) is 12.5 Å². The minimum absolute atomic E-state index is 0.0178. The van der Waals surface area contributed by atoms with Gasteiger partial charge in [0.15, 0.2) is 0 Å². The lowest BCUT2D eigenvalue weighted by atomic mass is 10.0. The normalized spacial score (nSPS) is 12.9. The van der Waals surface area contributed by atoms with Gasteiger partial charge in [0, 0.05) is 10.0 Å². The minimum atomic E-state index is 0.0178. The van der Waals surface area contributed by atoms with Crippen LogP contribution in [-0.4, -0.2) is 7.11 Å². The van der Waals surface area contributed by atoms with Crippen LogP contribution in [-0.2, 0) is 0 Å². The zero-order valence-electron chi connectivity index (χ0n) is 10.9. The van der Waals surface area contributed by atoms with E-state index in [4.69, 9.17) is 16.3 Å². The first-order chi connectivity index (χ1) is 7.95. The molecule has 1 rings (SSSR count). The molecule has 0 N–H and O–H groups in total. The second-order valence-corrected chi connectivity index (χ2v) is 6.16. The van der Waals surface area contributed by atoms with E-state index < -0.39 is 0 Å². The van der Waals surface area contributed by atoms with Crippen LogP contribution in [0.4, 0.5) is 0 Å². The highest BCUT2D eigenvalue weighted by molar-refractivity contribution is 9.10. The molecule has 17 heavy (non-hydrogen) atoms. The zero-order valence-corrected chi connectivity index (χ0v) is 13.2. The van der Waals surface area contributed by atoms with E-state index in [1.54, 1.807) is 7.11 Å². The largest absolute Gasteiger partial charge is 0.496 e. The number of alkyl halides is 1. The summed E-state index contributed by atoms with van der Waals surface area (Å²) in [7, 11) is 1.69. The first-order valence-electron chi connectivity index (χ1n) is 5.93. The summed E-state index contributed by atoms with van der Waals surface area (Å²) in [4.78, 5) is 0. The van der Waals surface area contributed by atoms with Crippen LogP contribution in [0, 0.1) is 12.8 Å². The predicted molar refractivity (Wildman–Crippen MR) is 78.1 cm³/mol. The van der Waals surface area contributed by atoms with Gasteiger partial charge in [-0.3, -0.25) is 0 Å². The first-order valence-corrected chi connectivity index (χ1v) is 7.16. The molecule has 96 valence electrons. The van der Waals surface area contributed by atoms with Crippen molar-refractivity contribution in [3.05, 3.63) is 27.7 Å². The average molecular weight is 320 g/mol. The summed E-state index contributed by atoms with van der Waals surface area (Å²) in [6.45, 7) is 6.48. The van der Waals surface area contributed by atoms with Gasteiger partial charge in [-0.15, -0.1) is 11.6 Å².